The van der Waals surface area contributed by atoms with Gasteiger partial charge in [-0.2, -0.15) is 0 Å². The van der Waals surface area contributed by atoms with E-state index < -0.39 is 0 Å². The van der Waals surface area contributed by atoms with E-state index >= 15 is 0 Å². The smallest absolute Gasteiger partial charge is 0.0524 e. The van der Waals surface area contributed by atoms with Gasteiger partial charge >= 0.3 is 0 Å². The molecule has 0 aromatic carbocycles. The lowest BCUT2D eigenvalue weighted by Gasteiger charge is -2.25. The van der Waals surface area contributed by atoms with Gasteiger partial charge in [0.2, 0.25) is 0 Å². The summed E-state index contributed by atoms with van der Waals surface area (Å²) in [6, 6.07) is 0. The molecule has 0 saturated carbocycles. The molecule has 0 saturated heterocycles. The van der Waals surface area contributed by atoms with Crippen molar-refractivity contribution in [3.05, 3.63) is 23.8 Å². The van der Waals surface area contributed by atoms with E-state index in [0.29, 0.717) is 0 Å². The summed E-state index contributed by atoms with van der Waals surface area (Å²) in [4.78, 5) is 0. The Bertz CT molecular complexity index is 193. The second-order valence-electron chi connectivity index (χ2n) is 4.17. The van der Waals surface area contributed by atoms with Crippen LogP contribution in [-0.2, 0) is 0 Å². The van der Waals surface area contributed by atoms with Gasteiger partial charge in [0.25, 0.3) is 0 Å². The number of rotatable bonds is 6. The Hall–Kier alpha value is -0.560. The van der Waals surface area contributed by atoms with Crippen molar-refractivity contribution >= 4 is 0 Å². The minimum absolute atomic E-state index is 0.0344. The maximum Gasteiger partial charge on any atom is 0.0524 e. The van der Waals surface area contributed by atoms with Crippen LogP contribution < -0.4 is 0 Å². The number of hydrogen-bond donors (Lipinski definition) is 1. The highest BCUT2D eigenvalue weighted by Gasteiger charge is 2.22. The van der Waals surface area contributed by atoms with Crippen LogP contribution >= 0.6 is 0 Å². The zero-order valence-electron chi connectivity index (χ0n) is 10.0. The fourth-order valence-electron chi connectivity index (χ4n) is 1.33. The standard InChI is InChI=1S/C13H24O/c1-5-7-9-13(6-2,11-14)10-8-12(3)4/h7-9,14H,5-6,10-11H2,1-4H3/b9-7+/t13-/m0/s1. The van der Waals surface area contributed by atoms with E-state index in [1.807, 2.05) is 0 Å². The highest BCUT2D eigenvalue weighted by Crippen LogP contribution is 2.29. The lowest BCUT2D eigenvalue weighted by molar-refractivity contribution is 0.166. The van der Waals surface area contributed by atoms with Gasteiger partial charge in [-0.15, -0.1) is 0 Å². The lowest BCUT2D eigenvalue weighted by atomic mass is 9.81. The van der Waals surface area contributed by atoms with Crippen LogP contribution in [0.3, 0.4) is 0 Å². The molecular formula is C13H24O. The van der Waals surface area contributed by atoms with Gasteiger partial charge in [0, 0.05) is 5.41 Å². The highest BCUT2D eigenvalue weighted by molar-refractivity contribution is 5.05. The second-order valence-corrected chi connectivity index (χ2v) is 4.17. The molecule has 1 nitrogen and oxygen atoms in total. The minimum Gasteiger partial charge on any atom is -0.395 e. The number of allylic oxidation sites excluding steroid dienone is 3. The van der Waals surface area contributed by atoms with Crippen molar-refractivity contribution < 1.29 is 5.11 Å². The molecule has 0 amide bonds. The van der Waals surface area contributed by atoms with Gasteiger partial charge in [-0.1, -0.05) is 37.6 Å². The monoisotopic (exact) mass is 196 g/mol. The molecule has 0 aliphatic heterocycles. The maximum atomic E-state index is 9.44. The predicted octanol–water partition coefficient (Wildman–Crippen LogP) is 3.70. The van der Waals surface area contributed by atoms with Crippen molar-refractivity contribution in [3.8, 4) is 0 Å². The normalized spacial score (nSPS) is 15.5. The fourth-order valence-corrected chi connectivity index (χ4v) is 1.33. The van der Waals surface area contributed by atoms with Crippen molar-refractivity contribution in [2.24, 2.45) is 5.41 Å². The van der Waals surface area contributed by atoms with Crippen LogP contribution in [0.15, 0.2) is 23.8 Å². The number of hydrogen-bond acceptors (Lipinski definition) is 1. The molecule has 0 aliphatic carbocycles. The van der Waals surface area contributed by atoms with E-state index in [2.05, 4.69) is 45.9 Å². The van der Waals surface area contributed by atoms with Crippen LogP contribution in [0.5, 0.6) is 0 Å². The topological polar surface area (TPSA) is 20.2 Å². The third kappa shape index (κ3) is 4.61. The second kappa shape index (κ2) is 6.83. The molecule has 1 N–H and O–H groups in total. The Morgan fingerprint density at radius 2 is 1.93 bits per heavy atom. The third-order valence-corrected chi connectivity index (χ3v) is 2.64. The first-order valence-electron chi connectivity index (χ1n) is 5.52. The minimum atomic E-state index is -0.0344. The summed E-state index contributed by atoms with van der Waals surface area (Å²) in [5.41, 5.74) is 1.29. The molecule has 0 bridgehead atoms. The molecule has 0 spiro atoms. The van der Waals surface area contributed by atoms with Crippen molar-refractivity contribution in [3.63, 3.8) is 0 Å². The van der Waals surface area contributed by atoms with E-state index in [-0.39, 0.29) is 12.0 Å². The third-order valence-electron chi connectivity index (χ3n) is 2.64. The zero-order chi connectivity index (χ0) is 11.0. The molecule has 82 valence electrons. The van der Waals surface area contributed by atoms with E-state index in [1.165, 1.54) is 5.57 Å². The summed E-state index contributed by atoms with van der Waals surface area (Å²) < 4.78 is 0. The van der Waals surface area contributed by atoms with Gasteiger partial charge in [0.15, 0.2) is 0 Å². The molecule has 0 unspecified atom stereocenters. The Morgan fingerprint density at radius 1 is 1.29 bits per heavy atom. The SMILES string of the molecule is CC/C=C/[C@](CC)(CO)CC=C(C)C. The predicted molar refractivity (Wildman–Crippen MR) is 63.3 cm³/mol. The first kappa shape index (κ1) is 13.4. The first-order valence-corrected chi connectivity index (χ1v) is 5.52. The summed E-state index contributed by atoms with van der Waals surface area (Å²) in [6.45, 7) is 8.69. The summed E-state index contributed by atoms with van der Waals surface area (Å²) in [6.07, 6.45) is 9.50. The van der Waals surface area contributed by atoms with E-state index in [9.17, 15) is 5.11 Å². The zero-order valence-corrected chi connectivity index (χ0v) is 10.0. The first-order chi connectivity index (χ1) is 6.60. The fraction of sp³-hybridized carbons (Fsp3) is 0.692. The van der Waals surface area contributed by atoms with Gasteiger partial charge in [0.05, 0.1) is 6.61 Å². The summed E-state index contributed by atoms with van der Waals surface area (Å²) in [7, 11) is 0. The molecule has 0 rings (SSSR count). The van der Waals surface area contributed by atoms with Crippen molar-refractivity contribution in [2.45, 2.75) is 47.0 Å². The average molecular weight is 196 g/mol. The number of aliphatic hydroxyl groups is 1. The molecule has 1 heteroatoms. The summed E-state index contributed by atoms with van der Waals surface area (Å²) in [5.74, 6) is 0. The molecular weight excluding hydrogens is 172 g/mol. The summed E-state index contributed by atoms with van der Waals surface area (Å²) >= 11 is 0. The Balaban J connectivity index is 4.52. The quantitative estimate of drug-likeness (QED) is 0.642. The van der Waals surface area contributed by atoms with Crippen molar-refractivity contribution in [2.75, 3.05) is 6.61 Å². The van der Waals surface area contributed by atoms with Crippen LogP contribution in [0, 0.1) is 5.41 Å². The Labute approximate surface area is 88.5 Å². The lowest BCUT2D eigenvalue weighted by Crippen LogP contribution is -2.21. The van der Waals surface area contributed by atoms with E-state index in [4.69, 9.17) is 0 Å². The molecule has 1 atom stereocenters. The van der Waals surface area contributed by atoms with Crippen LogP contribution in [0.4, 0.5) is 0 Å². The average Bonchev–Trinajstić information content (AvgIpc) is 2.19. The van der Waals surface area contributed by atoms with Gasteiger partial charge in [-0.25, -0.2) is 0 Å². The van der Waals surface area contributed by atoms with E-state index in [0.717, 1.165) is 19.3 Å². The Kier molecular flexibility index (Phi) is 6.56. The molecule has 0 heterocycles. The van der Waals surface area contributed by atoms with Crippen LogP contribution in [0.25, 0.3) is 0 Å². The van der Waals surface area contributed by atoms with Crippen molar-refractivity contribution in [1.29, 1.82) is 0 Å². The van der Waals surface area contributed by atoms with Crippen LogP contribution in [0.1, 0.15) is 47.0 Å². The maximum absolute atomic E-state index is 9.44. The Morgan fingerprint density at radius 3 is 2.29 bits per heavy atom. The number of aliphatic hydroxyl groups excluding tert-OH is 1. The van der Waals surface area contributed by atoms with E-state index in [1.54, 1.807) is 0 Å². The molecule has 0 fully saturated rings. The van der Waals surface area contributed by atoms with Gasteiger partial charge in [-0.3, -0.25) is 0 Å². The highest BCUT2D eigenvalue weighted by atomic mass is 16.3. The van der Waals surface area contributed by atoms with Crippen LogP contribution in [-0.4, -0.2) is 11.7 Å². The van der Waals surface area contributed by atoms with Crippen LogP contribution in [0.2, 0.25) is 0 Å². The largest absolute Gasteiger partial charge is 0.395 e. The molecule has 0 radical (unpaired) electrons. The van der Waals surface area contributed by atoms with Gasteiger partial charge < -0.3 is 5.11 Å². The molecule has 0 aliphatic rings. The van der Waals surface area contributed by atoms with Crippen molar-refractivity contribution in [1.82, 2.24) is 0 Å². The molecule has 0 aromatic rings. The van der Waals surface area contributed by atoms with Gasteiger partial charge in [-0.05, 0) is 33.1 Å². The molecule has 0 aromatic heterocycles. The van der Waals surface area contributed by atoms with Gasteiger partial charge in [0.1, 0.15) is 0 Å². The molecule has 14 heavy (non-hydrogen) atoms. The summed E-state index contributed by atoms with van der Waals surface area (Å²) in [5, 5.41) is 9.44.